The first-order valence-corrected chi connectivity index (χ1v) is 10.0. The van der Waals surface area contributed by atoms with Crippen LogP contribution in [-0.2, 0) is 4.79 Å². The zero-order chi connectivity index (χ0) is 18.5. The van der Waals surface area contributed by atoms with Crippen LogP contribution < -0.4 is 4.74 Å². The number of hydrogen-bond donors (Lipinski definition) is 0. The summed E-state index contributed by atoms with van der Waals surface area (Å²) in [5.41, 5.74) is 1.02. The van der Waals surface area contributed by atoms with Crippen molar-refractivity contribution in [3.63, 3.8) is 0 Å². The fourth-order valence-corrected chi connectivity index (χ4v) is 4.22. The van der Waals surface area contributed by atoms with Gasteiger partial charge in [-0.3, -0.25) is 9.36 Å². The minimum atomic E-state index is 0.0826. The molecular weight excluding hydrogens is 348 g/mol. The van der Waals surface area contributed by atoms with Crippen LogP contribution in [0.25, 0.3) is 11.4 Å². The van der Waals surface area contributed by atoms with Crippen molar-refractivity contribution in [2.24, 2.45) is 0 Å². The smallest absolute Gasteiger partial charge is 0.232 e. The largest absolute Gasteiger partial charge is 0.497 e. The molecule has 1 amide bonds. The average Bonchev–Trinajstić information content (AvgIpc) is 3.10. The third kappa shape index (κ3) is 4.20. The second-order valence-electron chi connectivity index (χ2n) is 6.77. The molecule has 0 aliphatic heterocycles. The lowest BCUT2D eigenvalue weighted by molar-refractivity contribution is -0.125. The number of thioether (sulfide) groups is 1. The van der Waals surface area contributed by atoms with Gasteiger partial charge in [-0.05, 0) is 37.1 Å². The van der Waals surface area contributed by atoms with E-state index in [-0.39, 0.29) is 5.91 Å². The van der Waals surface area contributed by atoms with Crippen molar-refractivity contribution in [2.45, 2.75) is 43.3 Å². The zero-order valence-electron chi connectivity index (χ0n) is 15.6. The summed E-state index contributed by atoms with van der Waals surface area (Å²) in [6.07, 6.45) is 6.02. The van der Waals surface area contributed by atoms with Crippen LogP contribution in [0.4, 0.5) is 0 Å². The molecule has 1 aromatic heterocycles. The Balaban J connectivity index is 1.91. The monoisotopic (exact) mass is 374 g/mol. The van der Waals surface area contributed by atoms with Crippen molar-refractivity contribution in [3.05, 3.63) is 24.3 Å². The number of rotatable bonds is 6. The first kappa shape index (κ1) is 18.8. The summed E-state index contributed by atoms with van der Waals surface area (Å²) in [5, 5.41) is 9.71. The van der Waals surface area contributed by atoms with E-state index < -0.39 is 0 Å². The number of benzene rings is 1. The van der Waals surface area contributed by atoms with Crippen LogP contribution in [0.15, 0.2) is 29.4 Å². The molecular formula is C19H26N4O2S. The molecule has 3 rings (SSSR count). The second kappa shape index (κ2) is 8.58. The quantitative estimate of drug-likeness (QED) is 0.723. The lowest BCUT2D eigenvalue weighted by atomic mass is 9.95. The Morgan fingerprint density at radius 3 is 2.50 bits per heavy atom. The molecule has 0 N–H and O–H groups in total. The van der Waals surface area contributed by atoms with Gasteiger partial charge in [0, 0.05) is 25.7 Å². The molecule has 1 saturated carbocycles. The van der Waals surface area contributed by atoms with E-state index in [4.69, 9.17) is 4.74 Å². The van der Waals surface area contributed by atoms with E-state index >= 15 is 0 Å². The highest BCUT2D eigenvalue weighted by atomic mass is 32.2. The van der Waals surface area contributed by atoms with E-state index in [0.717, 1.165) is 35.1 Å². The SMILES string of the molecule is COc1ccc(-c2nnc(SCC(=O)N(C)C)n2C2CCCCC2)cc1. The number of carbonyl (C=O) groups excluding carboxylic acids is 1. The van der Waals surface area contributed by atoms with Gasteiger partial charge in [0.05, 0.1) is 12.9 Å². The second-order valence-corrected chi connectivity index (χ2v) is 7.72. The van der Waals surface area contributed by atoms with Gasteiger partial charge in [-0.25, -0.2) is 0 Å². The van der Waals surface area contributed by atoms with Crippen LogP contribution in [0.2, 0.25) is 0 Å². The third-order valence-electron chi connectivity index (χ3n) is 4.78. The van der Waals surface area contributed by atoms with E-state index in [2.05, 4.69) is 14.8 Å². The zero-order valence-corrected chi connectivity index (χ0v) is 16.5. The van der Waals surface area contributed by atoms with Crippen molar-refractivity contribution < 1.29 is 9.53 Å². The Morgan fingerprint density at radius 1 is 1.19 bits per heavy atom. The molecule has 1 aliphatic carbocycles. The van der Waals surface area contributed by atoms with Crippen LogP contribution in [0, 0.1) is 0 Å². The summed E-state index contributed by atoms with van der Waals surface area (Å²) < 4.78 is 7.50. The van der Waals surface area contributed by atoms with Gasteiger partial charge >= 0.3 is 0 Å². The van der Waals surface area contributed by atoms with Crippen molar-refractivity contribution in [1.82, 2.24) is 19.7 Å². The molecule has 1 aliphatic rings. The summed E-state index contributed by atoms with van der Waals surface area (Å²) in [6, 6.07) is 8.31. The van der Waals surface area contributed by atoms with Crippen LogP contribution in [0.3, 0.4) is 0 Å². The predicted molar refractivity (Wildman–Crippen MR) is 104 cm³/mol. The average molecular weight is 375 g/mol. The topological polar surface area (TPSA) is 60.3 Å². The molecule has 0 saturated heterocycles. The third-order valence-corrected chi connectivity index (χ3v) is 5.70. The minimum Gasteiger partial charge on any atom is -0.497 e. The molecule has 1 fully saturated rings. The predicted octanol–water partition coefficient (Wildman–Crippen LogP) is 3.64. The van der Waals surface area contributed by atoms with E-state index in [9.17, 15) is 4.79 Å². The van der Waals surface area contributed by atoms with E-state index in [1.165, 1.54) is 31.0 Å². The number of carbonyl (C=O) groups is 1. The van der Waals surface area contributed by atoms with E-state index in [1.54, 1.807) is 26.1 Å². The van der Waals surface area contributed by atoms with Crippen molar-refractivity contribution in [1.29, 1.82) is 0 Å². The highest BCUT2D eigenvalue weighted by Crippen LogP contribution is 2.35. The van der Waals surface area contributed by atoms with Crippen molar-refractivity contribution in [2.75, 3.05) is 27.0 Å². The lowest BCUT2D eigenvalue weighted by Gasteiger charge is -2.25. The summed E-state index contributed by atoms with van der Waals surface area (Å²) >= 11 is 1.47. The molecule has 1 heterocycles. The highest BCUT2D eigenvalue weighted by molar-refractivity contribution is 7.99. The van der Waals surface area contributed by atoms with E-state index in [1.807, 2.05) is 24.3 Å². The number of aromatic nitrogens is 3. The standard InChI is InChI=1S/C19H26N4O2S/c1-22(2)17(24)13-26-19-21-20-18(14-9-11-16(25-3)12-10-14)23(19)15-7-5-4-6-8-15/h9-12,15H,4-8,13H2,1-3H3. The molecule has 26 heavy (non-hydrogen) atoms. The maximum Gasteiger partial charge on any atom is 0.232 e. The molecule has 7 heteroatoms. The van der Waals surface area contributed by atoms with Crippen LogP contribution in [0.1, 0.15) is 38.1 Å². The van der Waals surface area contributed by atoms with E-state index in [0.29, 0.717) is 11.8 Å². The fraction of sp³-hybridized carbons (Fsp3) is 0.526. The fourth-order valence-electron chi connectivity index (χ4n) is 3.24. The summed E-state index contributed by atoms with van der Waals surface area (Å²) in [7, 11) is 5.21. The van der Waals surface area contributed by atoms with Gasteiger partial charge in [-0.2, -0.15) is 0 Å². The minimum absolute atomic E-state index is 0.0826. The number of amides is 1. The van der Waals surface area contributed by atoms with Crippen LogP contribution >= 0.6 is 11.8 Å². The van der Waals surface area contributed by atoms with Gasteiger partial charge in [-0.15, -0.1) is 10.2 Å². The number of ether oxygens (including phenoxy) is 1. The summed E-state index contributed by atoms with van der Waals surface area (Å²) in [4.78, 5) is 13.6. The van der Waals surface area contributed by atoms with Crippen molar-refractivity contribution >= 4 is 17.7 Å². The van der Waals surface area contributed by atoms with Gasteiger partial charge in [0.15, 0.2) is 11.0 Å². The summed E-state index contributed by atoms with van der Waals surface area (Å²) in [6.45, 7) is 0. The summed E-state index contributed by atoms with van der Waals surface area (Å²) in [5.74, 6) is 2.16. The molecule has 140 valence electrons. The van der Waals surface area contributed by atoms with Crippen LogP contribution in [-0.4, -0.2) is 52.5 Å². The van der Waals surface area contributed by atoms with Crippen molar-refractivity contribution in [3.8, 4) is 17.1 Å². The number of nitrogens with zero attached hydrogens (tertiary/aromatic N) is 4. The first-order chi connectivity index (χ1) is 12.6. The Morgan fingerprint density at radius 2 is 1.88 bits per heavy atom. The Labute approximate surface area is 158 Å². The molecule has 0 atom stereocenters. The molecule has 6 nitrogen and oxygen atoms in total. The maximum atomic E-state index is 12.0. The highest BCUT2D eigenvalue weighted by Gasteiger charge is 2.24. The van der Waals surface area contributed by atoms with Gasteiger partial charge in [-0.1, -0.05) is 31.0 Å². The molecule has 0 bridgehead atoms. The van der Waals surface area contributed by atoms with Gasteiger partial charge in [0.2, 0.25) is 5.91 Å². The van der Waals surface area contributed by atoms with Gasteiger partial charge < -0.3 is 9.64 Å². The maximum absolute atomic E-state index is 12.0. The molecule has 0 unspecified atom stereocenters. The Kier molecular flexibility index (Phi) is 6.19. The van der Waals surface area contributed by atoms with Crippen LogP contribution in [0.5, 0.6) is 5.75 Å². The van der Waals surface area contributed by atoms with Gasteiger partial charge in [0.1, 0.15) is 5.75 Å². The van der Waals surface area contributed by atoms with Gasteiger partial charge in [0.25, 0.3) is 0 Å². The number of hydrogen-bond acceptors (Lipinski definition) is 5. The number of methoxy groups -OCH3 is 1. The Hall–Kier alpha value is -2.02. The molecule has 2 aromatic rings. The lowest BCUT2D eigenvalue weighted by Crippen LogP contribution is -2.24. The molecule has 0 spiro atoms. The Bertz CT molecular complexity index is 736. The first-order valence-electron chi connectivity index (χ1n) is 9.02. The molecule has 1 aromatic carbocycles. The molecule has 0 radical (unpaired) electrons. The normalized spacial score (nSPS) is 15.0.